The Kier molecular flexibility index (Phi) is 3.45. The highest BCUT2D eigenvalue weighted by Crippen LogP contribution is 2.50. The average Bonchev–Trinajstić information content (AvgIpc) is 2.28. The molecule has 0 saturated heterocycles. The molecule has 3 heteroatoms. The van der Waals surface area contributed by atoms with Crippen molar-refractivity contribution in [3.8, 4) is 0 Å². The Balaban J connectivity index is 2.30. The van der Waals surface area contributed by atoms with Gasteiger partial charge >= 0.3 is 5.97 Å². The molecule has 0 N–H and O–H groups in total. The number of hydrogen-bond donors (Lipinski definition) is 0. The number of methoxy groups -OCH3 is 1. The van der Waals surface area contributed by atoms with Crippen molar-refractivity contribution in [3.63, 3.8) is 0 Å². The fraction of sp³-hybridized carbons (Fsp3) is 0.786. The summed E-state index contributed by atoms with van der Waals surface area (Å²) in [6.07, 6.45) is 6.70. The molecule has 2 unspecified atom stereocenters. The summed E-state index contributed by atoms with van der Waals surface area (Å²) in [6.45, 7) is 3.79. The number of ether oxygens (including phenoxy) is 2. The molecule has 0 amide bonds. The maximum atomic E-state index is 11.1. The summed E-state index contributed by atoms with van der Waals surface area (Å²) in [4.78, 5) is 11.1. The van der Waals surface area contributed by atoms with Crippen LogP contribution in [0.2, 0.25) is 0 Å². The SMILES string of the molecule is COC1=C2CCCCC2(C)CCC1OC(C)=O. The van der Waals surface area contributed by atoms with Crippen LogP contribution in [0.15, 0.2) is 11.3 Å². The number of esters is 1. The predicted octanol–water partition coefficient (Wildman–Crippen LogP) is 3.19. The van der Waals surface area contributed by atoms with Crippen molar-refractivity contribution < 1.29 is 14.3 Å². The third-order valence-corrected chi connectivity index (χ3v) is 4.21. The molecule has 0 aliphatic heterocycles. The summed E-state index contributed by atoms with van der Waals surface area (Å²) in [5, 5.41) is 0. The second-order valence-electron chi connectivity index (χ2n) is 5.45. The third-order valence-electron chi connectivity index (χ3n) is 4.21. The second kappa shape index (κ2) is 4.71. The zero-order chi connectivity index (χ0) is 12.5. The van der Waals surface area contributed by atoms with E-state index in [-0.39, 0.29) is 17.5 Å². The van der Waals surface area contributed by atoms with E-state index in [0.717, 1.165) is 25.0 Å². The molecule has 1 saturated carbocycles. The first-order valence-electron chi connectivity index (χ1n) is 6.51. The number of carbonyl (C=O) groups excluding carboxylic acids is 1. The second-order valence-corrected chi connectivity index (χ2v) is 5.45. The van der Waals surface area contributed by atoms with Crippen LogP contribution in [0.3, 0.4) is 0 Å². The van der Waals surface area contributed by atoms with Gasteiger partial charge in [0.05, 0.1) is 7.11 Å². The van der Waals surface area contributed by atoms with Gasteiger partial charge in [-0.15, -0.1) is 0 Å². The highest BCUT2D eigenvalue weighted by molar-refractivity contribution is 5.66. The van der Waals surface area contributed by atoms with Crippen LogP contribution >= 0.6 is 0 Å². The lowest BCUT2D eigenvalue weighted by Crippen LogP contribution is -2.35. The van der Waals surface area contributed by atoms with Crippen molar-refractivity contribution in [2.75, 3.05) is 7.11 Å². The summed E-state index contributed by atoms with van der Waals surface area (Å²) in [6, 6.07) is 0. The number of allylic oxidation sites excluding steroid dienone is 1. The van der Waals surface area contributed by atoms with Gasteiger partial charge in [0.25, 0.3) is 0 Å². The van der Waals surface area contributed by atoms with E-state index in [1.54, 1.807) is 7.11 Å². The monoisotopic (exact) mass is 238 g/mol. The van der Waals surface area contributed by atoms with Gasteiger partial charge < -0.3 is 9.47 Å². The number of hydrogen-bond acceptors (Lipinski definition) is 3. The van der Waals surface area contributed by atoms with Crippen LogP contribution in [0.4, 0.5) is 0 Å². The maximum absolute atomic E-state index is 11.1. The Hall–Kier alpha value is -0.990. The van der Waals surface area contributed by atoms with Gasteiger partial charge in [0.1, 0.15) is 5.76 Å². The average molecular weight is 238 g/mol. The van der Waals surface area contributed by atoms with E-state index < -0.39 is 0 Å². The van der Waals surface area contributed by atoms with E-state index in [1.807, 2.05) is 0 Å². The first kappa shape index (κ1) is 12.5. The predicted molar refractivity (Wildman–Crippen MR) is 65.4 cm³/mol. The van der Waals surface area contributed by atoms with E-state index in [4.69, 9.17) is 9.47 Å². The Labute approximate surface area is 103 Å². The minimum absolute atomic E-state index is 0.154. The Bertz CT molecular complexity index is 345. The number of rotatable bonds is 2. The van der Waals surface area contributed by atoms with Gasteiger partial charge in [-0.2, -0.15) is 0 Å². The van der Waals surface area contributed by atoms with Crippen LogP contribution in [0.5, 0.6) is 0 Å². The maximum Gasteiger partial charge on any atom is 0.303 e. The number of carbonyl (C=O) groups is 1. The summed E-state index contributed by atoms with van der Waals surface area (Å²) >= 11 is 0. The summed E-state index contributed by atoms with van der Waals surface area (Å²) in [5.41, 5.74) is 1.67. The first-order valence-corrected chi connectivity index (χ1v) is 6.51. The molecule has 17 heavy (non-hydrogen) atoms. The molecule has 0 spiro atoms. The van der Waals surface area contributed by atoms with E-state index in [0.29, 0.717) is 0 Å². The Morgan fingerprint density at radius 1 is 1.35 bits per heavy atom. The molecule has 96 valence electrons. The highest BCUT2D eigenvalue weighted by atomic mass is 16.6. The van der Waals surface area contributed by atoms with Crippen molar-refractivity contribution in [2.45, 2.75) is 58.5 Å². The molecule has 0 aromatic rings. The fourth-order valence-electron chi connectivity index (χ4n) is 3.31. The molecule has 3 nitrogen and oxygen atoms in total. The Morgan fingerprint density at radius 3 is 2.76 bits per heavy atom. The van der Waals surface area contributed by atoms with Crippen molar-refractivity contribution >= 4 is 5.97 Å². The molecule has 2 atom stereocenters. The van der Waals surface area contributed by atoms with Gasteiger partial charge in [-0.05, 0) is 43.1 Å². The highest BCUT2D eigenvalue weighted by Gasteiger charge is 2.41. The summed E-state index contributed by atoms with van der Waals surface area (Å²) in [5.74, 6) is 0.707. The lowest BCUT2D eigenvalue weighted by atomic mass is 9.65. The van der Waals surface area contributed by atoms with Gasteiger partial charge in [0, 0.05) is 6.92 Å². The van der Waals surface area contributed by atoms with Crippen LogP contribution in [-0.2, 0) is 14.3 Å². The summed E-state index contributed by atoms with van der Waals surface area (Å²) in [7, 11) is 1.69. The molecule has 0 aromatic heterocycles. The molecular formula is C14H22O3. The normalized spacial score (nSPS) is 33.0. The Morgan fingerprint density at radius 2 is 2.12 bits per heavy atom. The van der Waals surface area contributed by atoms with Gasteiger partial charge in [-0.3, -0.25) is 4.79 Å². The molecule has 1 fully saturated rings. The van der Waals surface area contributed by atoms with E-state index in [2.05, 4.69) is 6.92 Å². The molecule has 2 rings (SSSR count). The molecule has 2 aliphatic carbocycles. The first-order chi connectivity index (χ1) is 8.07. The molecule has 0 radical (unpaired) electrons. The van der Waals surface area contributed by atoms with Crippen molar-refractivity contribution in [1.29, 1.82) is 0 Å². The van der Waals surface area contributed by atoms with Gasteiger partial charge in [0.2, 0.25) is 0 Å². The number of fused-ring (bicyclic) bond motifs is 1. The van der Waals surface area contributed by atoms with Crippen molar-refractivity contribution in [2.24, 2.45) is 5.41 Å². The lowest BCUT2D eigenvalue weighted by Gasteiger charge is -2.43. The zero-order valence-corrected chi connectivity index (χ0v) is 11.0. The molecular weight excluding hydrogens is 216 g/mol. The minimum Gasteiger partial charge on any atom is -0.497 e. The smallest absolute Gasteiger partial charge is 0.303 e. The molecule has 0 aromatic carbocycles. The molecule has 2 aliphatic rings. The van der Waals surface area contributed by atoms with Crippen LogP contribution < -0.4 is 0 Å². The van der Waals surface area contributed by atoms with E-state index >= 15 is 0 Å². The standard InChI is InChI=1S/C14H22O3/c1-10(15)17-12-7-9-14(2)8-5-4-6-11(14)13(12)16-3/h12H,4-9H2,1-3H3. The van der Waals surface area contributed by atoms with Gasteiger partial charge in [-0.25, -0.2) is 0 Å². The van der Waals surface area contributed by atoms with Crippen LogP contribution in [0.1, 0.15) is 52.4 Å². The summed E-state index contributed by atoms with van der Waals surface area (Å²) < 4.78 is 10.9. The van der Waals surface area contributed by atoms with E-state index in [1.165, 1.54) is 31.8 Å². The fourth-order valence-corrected chi connectivity index (χ4v) is 3.31. The van der Waals surface area contributed by atoms with E-state index in [9.17, 15) is 4.79 Å². The molecule has 0 heterocycles. The van der Waals surface area contributed by atoms with Gasteiger partial charge in [-0.1, -0.05) is 13.3 Å². The van der Waals surface area contributed by atoms with Crippen LogP contribution in [0, 0.1) is 5.41 Å². The minimum atomic E-state index is -0.218. The third kappa shape index (κ3) is 2.33. The largest absolute Gasteiger partial charge is 0.497 e. The zero-order valence-electron chi connectivity index (χ0n) is 11.0. The topological polar surface area (TPSA) is 35.5 Å². The lowest BCUT2D eigenvalue weighted by molar-refractivity contribution is -0.147. The van der Waals surface area contributed by atoms with Crippen molar-refractivity contribution in [3.05, 3.63) is 11.3 Å². The van der Waals surface area contributed by atoms with Crippen molar-refractivity contribution in [1.82, 2.24) is 0 Å². The van der Waals surface area contributed by atoms with Crippen LogP contribution in [-0.4, -0.2) is 19.2 Å². The molecule has 0 bridgehead atoms. The quantitative estimate of drug-likeness (QED) is 0.693. The van der Waals surface area contributed by atoms with Crippen LogP contribution in [0.25, 0.3) is 0 Å². The van der Waals surface area contributed by atoms with Gasteiger partial charge in [0.15, 0.2) is 6.10 Å².